The number of aromatic amines is 1. The Hall–Kier alpha value is -2.11. The molecule has 0 radical (unpaired) electrons. The van der Waals surface area contributed by atoms with Crippen molar-refractivity contribution in [3.05, 3.63) is 64.3 Å². The van der Waals surface area contributed by atoms with E-state index >= 15 is 0 Å². The van der Waals surface area contributed by atoms with Crippen molar-refractivity contribution in [2.45, 2.75) is 13.3 Å². The van der Waals surface area contributed by atoms with Gasteiger partial charge in [0.05, 0.1) is 6.54 Å². The van der Waals surface area contributed by atoms with E-state index in [-0.39, 0.29) is 5.91 Å². The molecule has 124 valence electrons. The Morgan fingerprint density at radius 2 is 2.04 bits per heavy atom. The van der Waals surface area contributed by atoms with Crippen molar-refractivity contribution in [2.24, 2.45) is 0 Å². The van der Waals surface area contributed by atoms with Crippen molar-refractivity contribution in [1.82, 2.24) is 10.3 Å². The molecule has 1 aromatic heterocycles. The molecule has 0 aliphatic rings. The minimum atomic E-state index is -0.0284. The van der Waals surface area contributed by atoms with Gasteiger partial charge in [0.1, 0.15) is 0 Å². The Morgan fingerprint density at radius 1 is 1.21 bits per heavy atom. The number of nitrogens with one attached hydrogen (secondary N) is 3. The first kappa shape index (κ1) is 16.7. The number of fused-ring (bicyclic) bond motifs is 1. The first-order chi connectivity index (χ1) is 11.6. The van der Waals surface area contributed by atoms with Crippen LogP contribution in [0.5, 0.6) is 0 Å². The van der Waals surface area contributed by atoms with Crippen molar-refractivity contribution >= 4 is 38.4 Å². The maximum Gasteiger partial charge on any atom is 0.238 e. The Balaban J connectivity index is 1.47. The minimum Gasteiger partial charge on any atom is -0.361 e. The second kappa shape index (κ2) is 7.64. The maximum absolute atomic E-state index is 12.0. The van der Waals surface area contributed by atoms with E-state index in [0.717, 1.165) is 34.2 Å². The third kappa shape index (κ3) is 4.04. The van der Waals surface area contributed by atoms with E-state index < -0.39 is 0 Å². The molecule has 0 saturated heterocycles. The first-order valence-electron chi connectivity index (χ1n) is 7.95. The van der Waals surface area contributed by atoms with Crippen molar-refractivity contribution < 1.29 is 4.79 Å². The van der Waals surface area contributed by atoms with Gasteiger partial charge >= 0.3 is 0 Å². The van der Waals surface area contributed by atoms with Crippen molar-refractivity contribution in [3.8, 4) is 0 Å². The number of anilines is 1. The fraction of sp³-hybridized carbons (Fsp3) is 0.211. The van der Waals surface area contributed by atoms with Crippen LogP contribution in [0.25, 0.3) is 10.9 Å². The number of aromatic nitrogens is 1. The maximum atomic E-state index is 12.0. The third-order valence-electron chi connectivity index (χ3n) is 3.99. The van der Waals surface area contributed by atoms with Crippen LogP contribution in [0, 0.1) is 6.92 Å². The summed E-state index contributed by atoms with van der Waals surface area (Å²) in [6.07, 6.45) is 2.92. The molecule has 0 aliphatic heterocycles. The lowest BCUT2D eigenvalue weighted by molar-refractivity contribution is -0.115. The van der Waals surface area contributed by atoms with Crippen LogP contribution < -0.4 is 10.6 Å². The fourth-order valence-corrected chi connectivity index (χ4v) is 3.20. The zero-order valence-corrected chi connectivity index (χ0v) is 15.1. The molecule has 24 heavy (non-hydrogen) atoms. The van der Waals surface area contributed by atoms with E-state index in [1.54, 1.807) is 0 Å². The third-order valence-corrected chi connectivity index (χ3v) is 4.49. The molecule has 1 heterocycles. The molecule has 1 amide bonds. The number of halogens is 1. The van der Waals surface area contributed by atoms with Crippen LogP contribution in [-0.2, 0) is 11.2 Å². The number of hydrogen-bond acceptors (Lipinski definition) is 2. The summed E-state index contributed by atoms with van der Waals surface area (Å²) in [5, 5.41) is 7.38. The predicted octanol–water partition coefficient (Wildman–Crippen LogP) is 4.01. The van der Waals surface area contributed by atoms with E-state index in [9.17, 15) is 4.79 Å². The lowest BCUT2D eigenvalue weighted by Gasteiger charge is -2.09. The molecular formula is C19H20BrN3O. The van der Waals surface area contributed by atoms with Crippen molar-refractivity contribution in [1.29, 1.82) is 0 Å². The average Bonchev–Trinajstić information content (AvgIpc) is 2.98. The predicted molar refractivity (Wildman–Crippen MR) is 102 cm³/mol. The summed E-state index contributed by atoms with van der Waals surface area (Å²) in [5.74, 6) is -0.0284. The van der Waals surface area contributed by atoms with Crippen LogP contribution >= 0.6 is 15.9 Å². The lowest BCUT2D eigenvalue weighted by Crippen LogP contribution is -2.29. The number of benzene rings is 2. The fourth-order valence-electron chi connectivity index (χ4n) is 2.73. The van der Waals surface area contributed by atoms with Crippen LogP contribution in [0.3, 0.4) is 0 Å². The summed E-state index contributed by atoms with van der Waals surface area (Å²) in [6.45, 7) is 3.04. The van der Waals surface area contributed by atoms with Crippen LogP contribution in [0.4, 0.5) is 5.69 Å². The highest BCUT2D eigenvalue weighted by atomic mass is 79.9. The molecule has 3 aromatic rings. The highest BCUT2D eigenvalue weighted by Crippen LogP contribution is 2.20. The zero-order chi connectivity index (χ0) is 16.9. The van der Waals surface area contributed by atoms with Gasteiger partial charge in [0.25, 0.3) is 0 Å². The largest absolute Gasteiger partial charge is 0.361 e. The second-order valence-corrected chi connectivity index (χ2v) is 6.71. The summed E-state index contributed by atoms with van der Waals surface area (Å²) in [4.78, 5) is 15.3. The van der Waals surface area contributed by atoms with Gasteiger partial charge in [0.15, 0.2) is 0 Å². The van der Waals surface area contributed by atoms with E-state index in [0.29, 0.717) is 6.54 Å². The van der Waals surface area contributed by atoms with Crippen molar-refractivity contribution in [2.75, 3.05) is 18.4 Å². The van der Waals surface area contributed by atoms with E-state index in [4.69, 9.17) is 0 Å². The molecule has 4 nitrogen and oxygen atoms in total. The van der Waals surface area contributed by atoms with E-state index in [1.165, 1.54) is 10.9 Å². The van der Waals surface area contributed by atoms with Gasteiger partial charge in [-0.25, -0.2) is 0 Å². The minimum absolute atomic E-state index is 0.0284. The summed E-state index contributed by atoms with van der Waals surface area (Å²) in [7, 11) is 0. The van der Waals surface area contributed by atoms with Gasteiger partial charge in [-0.05, 0) is 55.3 Å². The normalized spacial score (nSPS) is 10.9. The molecular weight excluding hydrogens is 366 g/mol. The number of carbonyl (C=O) groups excluding carboxylic acids is 1. The van der Waals surface area contributed by atoms with Crippen LogP contribution in [0.1, 0.15) is 11.1 Å². The SMILES string of the molecule is Cc1cc(Br)ccc1NC(=O)CNCCc1c[nH]c2ccccc12. The molecule has 0 bridgehead atoms. The Kier molecular flexibility index (Phi) is 5.33. The average molecular weight is 386 g/mol. The van der Waals surface area contributed by atoms with Gasteiger partial charge in [-0.2, -0.15) is 0 Å². The van der Waals surface area contributed by atoms with Crippen LogP contribution in [0.2, 0.25) is 0 Å². The summed E-state index contributed by atoms with van der Waals surface area (Å²) in [6, 6.07) is 14.1. The Bertz CT molecular complexity index is 857. The molecule has 5 heteroatoms. The molecule has 0 fully saturated rings. The molecule has 0 unspecified atom stereocenters. The van der Waals surface area contributed by atoms with Gasteiger partial charge in [0.2, 0.25) is 5.91 Å². The number of hydrogen-bond donors (Lipinski definition) is 3. The summed E-state index contributed by atoms with van der Waals surface area (Å²) < 4.78 is 1.01. The van der Waals surface area contributed by atoms with Crippen LogP contribution in [0.15, 0.2) is 53.1 Å². The first-order valence-corrected chi connectivity index (χ1v) is 8.74. The topological polar surface area (TPSA) is 56.9 Å². The molecule has 0 aliphatic carbocycles. The Labute approximate surface area is 149 Å². The van der Waals surface area contributed by atoms with Gasteiger partial charge < -0.3 is 15.6 Å². The molecule has 0 saturated carbocycles. The zero-order valence-electron chi connectivity index (χ0n) is 13.5. The molecule has 0 spiro atoms. The molecule has 3 N–H and O–H groups in total. The highest BCUT2D eigenvalue weighted by Gasteiger charge is 2.06. The molecule has 0 atom stereocenters. The number of carbonyl (C=O) groups is 1. The smallest absolute Gasteiger partial charge is 0.238 e. The number of para-hydroxylation sites is 1. The monoisotopic (exact) mass is 385 g/mol. The number of amides is 1. The molecule has 2 aromatic carbocycles. The Morgan fingerprint density at radius 3 is 2.88 bits per heavy atom. The van der Waals surface area contributed by atoms with Gasteiger partial charge in [-0.15, -0.1) is 0 Å². The highest BCUT2D eigenvalue weighted by molar-refractivity contribution is 9.10. The quantitative estimate of drug-likeness (QED) is 0.561. The summed E-state index contributed by atoms with van der Waals surface area (Å²) in [5.41, 5.74) is 4.30. The van der Waals surface area contributed by atoms with Crippen LogP contribution in [-0.4, -0.2) is 24.0 Å². The van der Waals surface area contributed by atoms with Crippen molar-refractivity contribution in [3.63, 3.8) is 0 Å². The van der Waals surface area contributed by atoms with Gasteiger partial charge in [-0.3, -0.25) is 4.79 Å². The van der Waals surface area contributed by atoms with E-state index in [1.807, 2.05) is 43.5 Å². The second-order valence-electron chi connectivity index (χ2n) is 5.79. The molecule has 3 rings (SSSR count). The number of aryl methyl sites for hydroxylation is 1. The lowest BCUT2D eigenvalue weighted by atomic mass is 10.1. The standard InChI is InChI=1S/C19H20BrN3O/c1-13-10-15(20)6-7-17(13)23-19(24)12-21-9-8-14-11-22-18-5-3-2-4-16(14)18/h2-7,10-11,21-22H,8-9,12H2,1H3,(H,23,24). The van der Waals surface area contributed by atoms with E-state index in [2.05, 4.69) is 43.7 Å². The van der Waals surface area contributed by atoms with Gasteiger partial charge in [-0.1, -0.05) is 34.1 Å². The number of H-pyrrole nitrogens is 1. The number of rotatable bonds is 6. The van der Waals surface area contributed by atoms with Gasteiger partial charge in [0, 0.05) is 27.3 Å². The summed E-state index contributed by atoms with van der Waals surface area (Å²) >= 11 is 3.42.